The Hall–Kier alpha value is -2.45. The van der Waals surface area contributed by atoms with Crippen LogP contribution in [0.15, 0.2) is 35.3 Å². The molecule has 0 saturated heterocycles. The Kier molecular flexibility index (Phi) is 5.30. The zero-order chi connectivity index (χ0) is 17.8. The van der Waals surface area contributed by atoms with Crippen molar-refractivity contribution in [2.75, 3.05) is 13.6 Å². The molecule has 0 radical (unpaired) electrons. The smallest absolute Gasteiger partial charge is 0.191 e. The molecule has 1 atom stereocenters. The first-order chi connectivity index (χ1) is 12.1. The summed E-state index contributed by atoms with van der Waals surface area (Å²) in [6.07, 6.45) is -0.590. The lowest BCUT2D eigenvalue weighted by atomic mass is 10.2. The minimum absolute atomic E-state index is 0.379. The number of fused-ring (bicyclic) bond motifs is 1. The summed E-state index contributed by atoms with van der Waals surface area (Å²) in [6.45, 7) is 2.80. The Bertz CT molecular complexity index is 851. The molecule has 0 saturated carbocycles. The number of nitrogens with one attached hydrogen (secondary N) is 2. The van der Waals surface area contributed by atoms with Crippen LogP contribution in [0.1, 0.15) is 22.6 Å². The highest BCUT2D eigenvalue weighted by atomic mass is 32.1. The van der Waals surface area contributed by atoms with E-state index in [0.717, 1.165) is 21.9 Å². The van der Waals surface area contributed by atoms with Crippen molar-refractivity contribution < 1.29 is 5.11 Å². The number of nitrogens with zero attached hydrogens (tertiary/aromatic N) is 4. The van der Waals surface area contributed by atoms with Crippen LogP contribution in [0.4, 0.5) is 0 Å². The SMILES string of the molecule is CN=C(NCc1nnc(C)n1C)NCC(O)c1cc2ccccc2s1. The first-order valence-electron chi connectivity index (χ1n) is 8.04. The highest BCUT2D eigenvalue weighted by Crippen LogP contribution is 2.29. The van der Waals surface area contributed by atoms with Gasteiger partial charge in [0.05, 0.1) is 6.54 Å². The minimum Gasteiger partial charge on any atom is -0.386 e. The van der Waals surface area contributed by atoms with Crippen LogP contribution in [0.5, 0.6) is 0 Å². The van der Waals surface area contributed by atoms with Gasteiger partial charge >= 0.3 is 0 Å². The van der Waals surface area contributed by atoms with E-state index < -0.39 is 6.10 Å². The average Bonchev–Trinajstić information content (AvgIpc) is 3.19. The summed E-state index contributed by atoms with van der Waals surface area (Å²) in [5.41, 5.74) is 0. The van der Waals surface area contributed by atoms with E-state index in [1.54, 1.807) is 18.4 Å². The van der Waals surface area contributed by atoms with Crippen molar-refractivity contribution in [1.29, 1.82) is 0 Å². The Morgan fingerprint density at radius 2 is 2.12 bits per heavy atom. The van der Waals surface area contributed by atoms with E-state index in [0.29, 0.717) is 19.0 Å². The first kappa shape index (κ1) is 17.4. The zero-order valence-corrected chi connectivity index (χ0v) is 15.3. The van der Waals surface area contributed by atoms with Gasteiger partial charge in [-0.1, -0.05) is 18.2 Å². The normalized spacial score (nSPS) is 13.2. The molecule has 3 aromatic rings. The molecule has 7 nitrogen and oxygen atoms in total. The summed E-state index contributed by atoms with van der Waals surface area (Å²) in [6, 6.07) is 10.2. The van der Waals surface area contributed by atoms with Crippen molar-refractivity contribution >= 4 is 27.4 Å². The van der Waals surface area contributed by atoms with Gasteiger partial charge in [-0.3, -0.25) is 4.99 Å². The van der Waals surface area contributed by atoms with Gasteiger partial charge in [0.15, 0.2) is 11.8 Å². The van der Waals surface area contributed by atoms with Gasteiger partial charge in [-0.15, -0.1) is 21.5 Å². The average molecular weight is 358 g/mol. The number of aromatic nitrogens is 3. The van der Waals surface area contributed by atoms with Crippen molar-refractivity contribution in [3.8, 4) is 0 Å². The summed E-state index contributed by atoms with van der Waals surface area (Å²) in [7, 11) is 3.62. The van der Waals surface area contributed by atoms with Crippen LogP contribution in [0.2, 0.25) is 0 Å². The summed E-state index contributed by atoms with van der Waals surface area (Å²) >= 11 is 1.61. The molecule has 25 heavy (non-hydrogen) atoms. The lowest BCUT2D eigenvalue weighted by Gasteiger charge is -2.14. The third-order valence-electron chi connectivity index (χ3n) is 4.06. The summed E-state index contributed by atoms with van der Waals surface area (Å²) in [4.78, 5) is 5.12. The number of aliphatic imine (C=N–C) groups is 1. The van der Waals surface area contributed by atoms with Crippen molar-refractivity contribution in [2.45, 2.75) is 19.6 Å². The predicted octanol–water partition coefficient (Wildman–Crippen LogP) is 1.74. The van der Waals surface area contributed by atoms with E-state index in [-0.39, 0.29) is 0 Å². The molecule has 1 unspecified atom stereocenters. The molecule has 2 heterocycles. The van der Waals surface area contributed by atoms with Gasteiger partial charge in [0, 0.05) is 30.2 Å². The van der Waals surface area contributed by atoms with Crippen LogP contribution >= 0.6 is 11.3 Å². The van der Waals surface area contributed by atoms with Crippen LogP contribution in [-0.2, 0) is 13.6 Å². The minimum atomic E-state index is -0.590. The summed E-state index contributed by atoms with van der Waals surface area (Å²) < 4.78 is 3.10. The highest BCUT2D eigenvalue weighted by Gasteiger charge is 2.12. The van der Waals surface area contributed by atoms with Crippen molar-refractivity contribution in [3.05, 3.63) is 46.9 Å². The second-order valence-corrected chi connectivity index (χ2v) is 6.85. The van der Waals surface area contributed by atoms with Crippen molar-refractivity contribution in [2.24, 2.45) is 12.0 Å². The van der Waals surface area contributed by atoms with Gasteiger partial charge < -0.3 is 20.3 Å². The number of guanidine groups is 1. The van der Waals surface area contributed by atoms with E-state index in [2.05, 4.69) is 38.0 Å². The first-order valence-corrected chi connectivity index (χ1v) is 8.86. The van der Waals surface area contributed by atoms with Crippen LogP contribution in [0.3, 0.4) is 0 Å². The number of aliphatic hydroxyl groups excluding tert-OH is 1. The Balaban J connectivity index is 1.56. The van der Waals surface area contributed by atoms with E-state index in [9.17, 15) is 5.11 Å². The Labute approximate surface area is 150 Å². The van der Waals surface area contributed by atoms with E-state index >= 15 is 0 Å². The monoisotopic (exact) mass is 358 g/mol. The molecule has 8 heteroatoms. The van der Waals surface area contributed by atoms with Crippen LogP contribution < -0.4 is 10.6 Å². The number of rotatable bonds is 5. The van der Waals surface area contributed by atoms with Crippen molar-refractivity contribution in [3.63, 3.8) is 0 Å². The molecular formula is C17H22N6OS. The topological polar surface area (TPSA) is 87.4 Å². The quantitative estimate of drug-likeness (QED) is 0.478. The molecule has 0 spiro atoms. The van der Waals surface area contributed by atoms with Gasteiger partial charge in [-0.05, 0) is 24.4 Å². The molecule has 0 amide bonds. The van der Waals surface area contributed by atoms with Crippen molar-refractivity contribution in [1.82, 2.24) is 25.4 Å². The molecular weight excluding hydrogens is 336 g/mol. The van der Waals surface area contributed by atoms with E-state index in [1.165, 1.54) is 4.70 Å². The molecule has 0 fully saturated rings. The summed E-state index contributed by atoms with van der Waals surface area (Å²) in [5, 5.41) is 26.1. The second-order valence-electron chi connectivity index (χ2n) is 5.73. The third-order valence-corrected chi connectivity index (χ3v) is 5.27. The number of aliphatic hydroxyl groups is 1. The van der Waals surface area contributed by atoms with Crippen LogP contribution in [0.25, 0.3) is 10.1 Å². The largest absolute Gasteiger partial charge is 0.386 e. The van der Waals surface area contributed by atoms with Gasteiger partial charge in [-0.2, -0.15) is 0 Å². The second kappa shape index (κ2) is 7.62. The molecule has 0 bridgehead atoms. The molecule has 3 rings (SSSR count). The number of hydrogen-bond acceptors (Lipinski definition) is 5. The zero-order valence-electron chi connectivity index (χ0n) is 14.5. The molecule has 0 aliphatic carbocycles. The Morgan fingerprint density at radius 1 is 1.32 bits per heavy atom. The van der Waals surface area contributed by atoms with Crippen LogP contribution in [-0.4, -0.2) is 39.4 Å². The lowest BCUT2D eigenvalue weighted by Crippen LogP contribution is -2.39. The maximum Gasteiger partial charge on any atom is 0.191 e. The van der Waals surface area contributed by atoms with Gasteiger partial charge in [0.25, 0.3) is 0 Å². The van der Waals surface area contributed by atoms with Gasteiger partial charge in [0.1, 0.15) is 11.9 Å². The molecule has 0 aliphatic rings. The molecule has 0 aliphatic heterocycles. The lowest BCUT2D eigenvalue weighted by molar-refractivity contribution is 0.184. The maximum atomic E-state index is 10.4. The predicted molar refractivity (Wildman–Crippen MR) is 101 cm³/mol. The number of hydrogen-bond donors (Lipinski definition) is 3. The Morgan fingerprint density at radius 3 is 2.80 bits per heavy atom. The molecule has 132 valence electrons. The van der Waals surface area contributed by atoms with Crippen LogP contribution in [0, 0.1) is 6.92 Å². The standard InChI is InChI=1S/C17H22N6OS/c1-11-21-22-16(23(11)3)10-20-17(18-2)19-9-13(24)15-8-12-6-4-5-7-14(12)25-15/h4-8,13,24H,9-10H2,1-3H3,(H2,18,19,20). The fraction of sp³-hybridized carbons (Fsp3) is 0.353. The highest BCUT2D eigenvalue weighted by molar-refractivity contribution is 7.19. The molecule has 2 aromatic heterocycles. The fourth-order valence-corrected chi connectivity index (χ4v) is 3.50. The molecule has 1 aromatic carbocycles. The molecule has 3 N–H and O–H groups in total. The van der Waals surface area contributed by atoms with Gasteiger partial charge in [0.2, 0.25) is 0 Å². The maximum absolute atomic E-state index is 10.4. The third kappa shape index (κ3) is 3.97. The number of benzene rings is 1. The fourth-order valence-electron chi connectivity index (χ4n) is 2.45. The van der Waals surface area contributed by atoms with E-state index in [4.69, 9.17) is 0 Å². The number of thiophene rings is 1. The van der Waals surface area contributed by atoms with E-state index in [1.807, 2.05) is 36.7 Å². The van der Waals surface area contributed by atoms with Gasteiger partial charge in [-0.25, -0.2) is 0 Å². The summed E-state index contributed by atoms with van der Waals surface area (Å²) in [5.74, 6) is 2.30. The number of aryl methyl sites for hydroxylation is 1.